The molecule has 2 aliphatic heterocycles. The summed E-state index contributed by atoms with van der Waals surface area (Å²) in [4.78, 5) is 15.8. The smallest absolute Gasteiger partial charge is 0.249 e. The van der Waals surface area contributed by atoms with E-state index >= 15 is 0 Å². The molecule has 2 aliphatic rings. The normalized spacial score (nSPS) is 21.2. The Morgan fingerprint density at radius 3 is 2.42 bits per heavy atom. The molecular weight excluding hydrogens is 711 g/mol. The van der Waals surface area contributed by atoms with Crippen molar-refractivity contribution in [2.45, 2.75) is 102 Å². The number of aliphatic hydroxyl groups excluding tert-OH is 2. The first-order valence-corrected chi connectivity index (χ1v) is 23.1. The Morgan fingerprint density at radius 1 is 0.945 bits per heavy atom. The van der Waals surface area contributed by atoms with Crippen molar-refractivity contribution in [3.63, 3.8) is 0 Å². The van der Waals surface area contributed by atoms with Gasteiger partial charge < -0.3 is 29.7 Å². The maximum Gasteiger partial charge on any atom is 0.249 e. The largest absolute Gasteiger partial charge is 0.497 e. The monoisotopic (exact) mass is 769 g/mol. The summed E-state index contributed by atoms with van der Waals surface area (Å²) in [6.07, 6.45) is 7.32. The lowest BCUT2D eigenvalue weighted by molar-refractivity contribution is -0.120. The number of unbranched alkanes of at least 4 members (excludes halogenated alkanes) is 1. The topological polar surface area (TPSA) is 131 Å². The van der Waals surface area contributed by atoms with Crippen LogP contribution in [0.1, 0.15) is 56.4 Å². The minimum atomic E-state index is -2.01. The van der Waals surface area contributed by atoms with Gasteiger partial charge in [-0.25, -0.2) is 0 Å². The van der Waals surface area contributed by atoms with Gasteiger partial charge in [-0.15, -0.1) is 5.10 Å². The van der Waals surface area contributed by atoms with Gasteiger partial charge >= 0.3 is 0 Å². The van der Waals surface area contributed by atoms with Crippen LogP contribution in [0.25, 0.3) is 0 Å². The molecule has 4 aromatic rings. The first-order valence-electron chi connectivity index (χ1n) is 20.0. The number of benzene rings is 3. The van der Waals surface area contributed by atoms with Gasteiger partial charge in [0.25, 0.3) is 0 Å². The summed E-state index contributed by atoms with van der Waals surface area (Å²) in [5, 5.41) is 32.0. The van der Waals surface area contributed by atoms with Crippen LogP contribution in [0.3, 0.4) is 0 Å². The molecular formula is C43H59N5O6Si. The maximum absolute atomic E-state index is 14.0. The van der Waals surface area contributed by atoms with Crippen molar-refractivity contribution in [2.24, 2.45) is 5.92 Å². The van der Waals surface area contributed by atoms with Crippen LogP contribution in [0.15, 0.2) is 72.9 Å². The van der Waals surface area contributed by atoms with Crippen LogP contribution in [-0.2, 0) is 35.3 Å². The average Bonchev–Trinajstić information content (AvgIpc) is 3.78. The second-order valence-electron chi connectivity index (χ2n) is 15.5. The van der Waals surface area contributed by atoms with E-state index in [9.17, 15) is 15.0 Å². The van der Waals surface area contributed by atoms with E-state index in [0.29, 0.717) is 50.4 Å². The highest BCUT2D eigenvalue weighted by atomic mass is 28.3. The van der Waals surface area contributed by atoms with E-state index in [2.05, 4.69) is 90.2 Å². The van der Waals surface area contributed by atoms with Gasteiger partial charge in [-0.1, -0.05) is 54.7 Å². The Balaban J connectivity index is 1.17. The molecule has 1 unspecified atom stereocenters. The van der Waals surface area contributed by atoms with E-state index in [0.717, 1.165) is 59.8 Å². The van der Waals surface area contributed by atoms with Crippen LogP contribution in [0.5, 0.6) is 11.5 Å². The van der Waals surface area contributed by atoms with Crippen LogP contribution in [0.4, 0.5) is 11.4 Å². The van der Waals surface area contributed by atoms with Crippen molar-refractivity contribution >= 4 is 30.5 Å². The fourth-order valence-electron chi connectivity index (χ4n) is 8.69. The number of hydrogen-bond donors (Lipinski definition) is 3. The van der Waals surface area contributed by atoms with Gasteiger partial charge in [-0.2, -0.15) is 0 Å². The number of nitrogens with zero attached hydrogens (tertiary/aromatic N) is 4. The molecule has 0 radical (unpaired) electrons. The number of aliphatic hydroxyl groups is 2. The van der Waals surface area contributed by atoms with E-state index in [1.165, 1.54) is 10.8 Å². The molecule has 0 saturated carbocycles. The third kappa shape index (κ3) is 9.49. The molecule has 1 saturated heterocycles. The molecule has 3 N–H and O–H groups in total. The highest BCUT2D eigenvalue weighted by Gasteiger charge is 2.50. The summed E-state index contributed by atoms with van der Waals surface area (Å²) in [6.45, 7) is 11.4. The van der Waals surface area contributed by atoms with Crippen molar-refractivity contribution in [1.29, 1.82) is 0 Å². The summed E-state index contributed by atoms with van der Waals surface area (Å²) in [6, 6.07) is 22.7. The Morgan fingerprint density at radius 2 is 1.71 bits per heavy atom. The summed E-state index contributed by atoms with van der Waals surface area (Å²) < 4.78 is 20.2. The van der Waals surface area contributed by atoms with Crippen LogP contribution in [0, 0.1) is 5.92 Å². The number of methoxy groups -OCH3 is 1. The molecule has 1 amide bonds. The van der Waals surface area contributed by atoms with E-state index < -0.39 is 8.07 Å². The number of hydrogen-bond acceptors (Lipinski definition) is 9. The minimum absolute atomic E-state index is 0.0258. The van der Waals surface area contributed by atoms with Gasteiger partial charge in [0.1, 0.15) is 11.5 Å². The summed E-state index contributed by atoms with van der Waals surface area (Å²) >= 11 is 0. The first kappa shape index (κ1) is 40.6. The molecule has 55 heavy (non-hydrogen) atoms. The van der Waals surface area contributed by atoms with Gasteiger partial charge in [0, 0.05) is 38.1 Å². The molecule has 0 spiro atoms. The van der Waals surface area contributed by atoms with E-state index in [4.69, 9.17) is 14.2 Å². The third-order valence-electron chi connectivity index (χ3n) is 11.6. The van der Waals surface area contributed by atoms with Crippen molar-refractivity contribution in [3.05, 3.63) is 89.7 Å². The molecule has 3 aromatic carbocycles. The zero-order valence-corrected chi connectivity index (χ0v) is 34.1. The number of anilines is 2. The summed E-state index contributed by atoms with van der Waals surface area (Å²) in [7, 11) is -0.309. The van der Waals surface area contributed by atoms with Crippen LogP contribution in [0.2, 0.25) is 18.6 Å². The van der Waals surface area contributed by atoms with Gasteiger partial charge in [0.05, 0.1) is 51.4 Å². The van der Waals surface area contributed by atoms with Gasteiger partial charge in [-0.3, -0.25) is 14.4 Å². The maximum atomic E-state index is 14.0. The second kappa shape index (κ2) is 18.7. The Labute approximate surface area is 327 Å². The fourth-order valence-corrected chi connectivity index (χ4v) is 12.8. The Hall–Kier alpha value is -4.07. The van der Waals surface area contributed by atoms with Crippen molar-refractivity contribution in [2.75, 3.05) is 38.4 Å². The highest BCUT2D eigenvalue weighted by Crippen LogP contribution is 2.46. The zero-order chi connectivity index (χ0) is 39.0. The lowest BCUT2D eigenvalue weighted by atomic mass is 9.94. The van der Waals surface area contributed by atoms with Gasteiger partial charge in [0.2, 0.25) is 5.91 Å². The number of fused-ring (bicyclic) bond motifs is 1. The summed E-state index contributed by atoms with van der Waals surface area (Å²) in [5.74, 6) is 2.06. The van der Waals surface area contributed by atoms with Gasteiger partial charge in [-0.05, 0) is 117 Å². The number of amides is 1. The molecule has 11 nitrogen and oxygen atoms in total. The second-order valence-corrected chi connectivity index (χ2v) is 20.2. The van der Waals surface area contributed by atoms with E-state index in [1.807, 2.05) is 34.8 Å². The lowest BCUT2D eigenvalue weighted by Crippen LogP contribution is -2.50. The molecule has 5 atom stereocenters. The van der Waals surface area contributed by atoms with E-state index in [-0.39, 0.29) is 37.4 Å². The molecule has 1 aromatic heterocycles. The number of carbonyl (C=O) groups is 1. The molecule has 12 heteroatoms. The minimum Gasteiger partial charge on any atom is -0.497 e. The standard InChI is InChI=1S/C43H59N5O6Si/c1-6-53-36-16-19-39-32(27-36)28-38(44-23-7-8-25-49)43(51)48(39)34-12-9-31(10-13-34)11-20-40-30(2)42(55(4,5)37-17-14-35(52-3)15-18-37)41(54-40)21-24-47-29-33(22-26-50)45-46-47/h9-10,12-19,27,29-30,38,40-42,44,49-50H,6-8,11,20-26,28H2,1-5H3/t30-,38?,40+,41-,42+/m1/s1. The van der Waals surface area contributed by atoms with Gasteiger partial charge in [0.15, 0.2) is 0 Å². The van der Waals surface area contributed by atoms with Crippen molar-refractivity contribution in [1.82, 2.24) is 20.3 Å². The van der Waals surface area contributed by atoms with Crippen LogP contribution in [-0.4, -0.2) is 90.9 Å². The van der Waals surface area contributed by atoms with Crippen LogP contribution >= 0.6 is 0 Å². The quantitative estimate of drug-likeness (QED) is 0.0827. The predicted octanol–water partition coefficient (Wildman–Crippen LogP) is 5.58. The number of ether oxygens (including phenoxy) is 3. The SMILES string of the molecule is CCOc1ccc2c(c1)CC(NCCCCO)C(=O)N2c1ccc(CC[C@@H]2O[C@H](CCn3cc(CCO)nn3)[C@@H]([Si](C)(C)c3ccc(OC)cc3)[C@@H]2C)cc1. The third-order valence-corrected chi connectivity index (χ3v) is 16.0. The number of aromatic nitrogens is 3. The Kier molecular flexibility index (Phi) is 13.8. The molecule has 1 fully saturated rings. The lowest BCUT2D eigenvalue weighted by Gasteiger charge is -2.36. The number of carbonyl (C=O) groups excluding carboxylic acids is 1. The molecule has 3 heterocycles. The van der Waals surface area contributed by atoms with E-state index in [1.54, 1.807) is 7.11 Å². The first-order chi connectivity index (χ1) is 26.7. The average molecular weight is 770 g/mol. The molecule has 0 aliphatic carbocycles. The van der Waals surface area contributed by atoms with Crippen LogP contribution < -0.4 is 24.9 Å². The zero-order valence-electron chi connectivity index (χ0n) is 33.1. The fraction of sp³-hybridized carbons (Fsp3) is 0.512. The number of rotatable bonds is 19. The number of aryl methyl sites for hydroxylation is 2. The predicted molar refractivity (Wildman–Crippen MR) is 218 cm³/mol. The Bertz CT molecular complexity index is 1830. The molecule has 296 valence electrons. The molecule has 6 rings (SSSR count). The van der Waals surface area contributed by atoms with Crippen molar-refractivity contribution < 1.29 is 29.2 Å². The highest BCUT2D eigenvalue weighted by molar-refractivity contribution is 6.91. The summed E-state index contributed by atoms with van der Waals surface area (Å²) in [5.41, 5.74) is 5.20. The number of nitrogens with one attached hydrogen (secondary N) is 1. The molecule has 0 bridgehead atoms. The van der Waals surface area contributed by atoms with Crippen molar-refractivity contribution in [3.8, 4) is 11.5 Å².